The number of hydrogen-bond acceptors (Lipinski definition) is 4. The summed E-state index contributed by atoms with van der Waals surface area (Å²) in [6.45, 7) is -1.81. The molecule has 9 heteroatoms. The van der Waals surface area contributed by atoms with E-state index in [0.717, 1.165) is 13.0 Å². The Kier molecular flexibility index (Phi) is 8.39. The fourth-order valence-corrected chi connectivity index (χ4v) is 3.01. The van der Waals surface area contributed by atoms with Crippen LogP contribution in [0.15, 0.2) is 28.8 Å². The second kappa shape index (κ2) is 10.5. The van der Waals surface area contributed by atoms with E-state index in [4.69, 9.17) is 9.47 Å². The molecule has 27 heavy (non-hydrogen) atoms. The van der Waals surface area contributed by atoms with Gasteiger partial charge in [-0.15, -0.1) is 24.0 Å². The molecule has 6 nitrogen and oxygen atoms in total. The second-order valence-corrected chi connectivity index (χ2v) is 6.05. The number of aliphatic imine (C=N–C) groups is 1. The summed E-state index contributed by atoms with van der Waals surface area (Å²) in [6, 6.07) is 3.07. The zero-order chi connectivity index (χ0) is 18.4. The quantitative estimate of drug-likeness (QED) is 0.261. The molecule has 0 amide bonds. The van der Waals surface area contributed by atoms with Crippen LogP contribution in [0, 0.1) is 0 Å². The van der Waals surface area contributed by atoms with Crippen LogP contribution in [0.2, 0.25) is 0 Å². The van der Waals surface area contributed by atoms with Crippen LogP contribution in [0.25, 0.3) is 0 Å². The van der Waals surface area contributed by atoms with Crippen molar-refractivity contribution in [2.75, 3.05) is 20.4 Å². The van der Waals surface area contributed by atoms with Crippen LogP contribution < -0.4 is 24.8 Å². The Bertz CT molecular complexity index is 699. The lowest BCUT2D eigenvalue weighted by molar-refractivity contribution is -0.0505. The molecule has 0 saturated carbocycles. The fraction of sp³-hybridized carbons (Fsp3) is 0.500. The van der Waals surface area contributed by atoms with Gasteiger partial charge in [0.1, 0.15) is 5.75 Å². The molecular formula is C18H24F2IN3O3. The van der Waals surface area contributed by atoms with Crippen LogP contribution in [0.1, 0.15) is 31.2 Å². The number of nitrogens with zero attached hydrogens (tertiary/aromatic N) is 1. The van der Waals surface area contributed by atoms with Gasteiger partial charge in [-0.3, -0.25) is 4.99 Å². The van der Waals surface area contributed by atoms with Gasteiger partial charge in [0.2, 0.25) is 6.79 Å². The molecule has 0 unspecified atom stereocenters. The zero-order valence-electron chi connectivity index (χ0n) is 15.1. The number of guanidine groups is 1. The summed E-state index contributed by atoms with van der Waals surface area (Å²) in [5.74, 6) is 1.57. The highest BCUT2D eigenvalue weighted by Gasteiger charge is 2.20. The van der Waals surface area contributed by atoms with Crippen LogP contribution in [0.3, 0.4) is 0 Å². The molecule has 0 bridgehead atoms. The van der Waals surface area contributed by atoms with E-state index in [-0.39, 0.29) is 43.1 Å². The molecule has 1 aliphatic heterocycles. The Hall–Kier alpha value is -1.78. The maximum atomic E-state index is 12.7. The van der Waals surface area contributed by atoms with E-state index in [1.165, 1.54) is 30.9 Å². The molecule has 0 saturated heterocycles. The fourth-order valence-electron chi connectivity index (χ4n) is 3.01. The molecule has 0 atom stereocenters. The summed E-state index contributed by atoms with van der Waals surface area (Å²) < 4.78 is 40.5. The van der Waals surface area contributed by atoms with Crippen LogP contribution in [-0.4, -0.2) is 33.0 Å². The van der Waals surface area contributed by atoms with Crippen molar-refractivity contribution in [3.05, 3.63) is 29.3 Å². The lowest BCUT2D eigenvalue weighted by atomic mass is 10.1. The molecule has 1 aromatic carbocycles. The number of ether oxygens (including phenoxy) is 3. The molecule has 2 aliphatic rings. The predicted octanol–water partition coefficient (Wildman–Crippen LogP) is 3.80. The zero-order valence-corrected chi connectivity index (χ0v) is 17.4. The van der Waals surface area contributed by atoms with Gasteiger partial charge in [-0.2, -0.15) is 8.78 Å². The van der Waals surface area contributed by atoms with Gasteiger partial charge in [-0.25, -0.2) is 0 Å². The average molecular weight is 495 g/mol. The van der Waals surface area contributed by atoms with Gasteiger partial charge in [0.05, 0.1) is 0 Å². The molecule has 1 aromatic rings. The molecule has 0 aromatic heterocycles. The van der Waals surface area contributed by atoms with Crippen LogP contribution in [0.5, 0.6) is 17.2 Å². The van der Waals surface area contributed by atoms with Gasteiger partial charge >= 0.3 is 6.61 Å². The summed E-state index contributed by atoms with van der Waals surface area (Å²) in [7, 11) is 1.67. The van der Waals surface area contributed by atoms with Crippen molar-refractivity contribution in [3.63, 3.8) is 0 Å². The molecule has 0 fully saturated rings. The summed E-state index contributed by atoms with van der Waals surface area (Å²) >= 11 is 0. The van der Waals surface area contributed by atoms with Gasteiger partial charge in [-0.1, -0.05) is 11.6 Å². The van der Waals surface area contributed by atoms with Gasteiger partial charge in [0.15, 0.2) is 17.5 Å². The highest BCUT2D eigenvalue weighted by atomic mass is 127. The number of halogens is 3. The van der Waals surface area contributed by atoms with E-state index in [2.05, 4.69) is 26.4 Å². The molecule has 0 radical (unpaired) electrons. The first-order valence-corrected chi connectivity index (χ1v) is 8.65. The minimum absolute atomic E-state index is 0. The van der Waals surface area contributed by atoms with E-state index in [9.17, 15) is 8.78 Å². The number of benzene rings is 1. The first-order valence-electron chi connectivity index (χ1n) is 8.65. The molecule has 150 valence electrons. The normalized spacial score (nSPS) is 15.4. The maximum Gasteiger partial charge on any atom is 0.387 e. The van der Waals surface area contributed by atoms with Crippen molar-refractivity contribution in [3.8, 4) is 17.2 Å². The Morgan fingerprint density at radius 1 is 1.26 bits per heavy atom. The van der Waals surface area contributed by atoms with Crippen molar-refractivity contribution in [2.24, 2.45) is 4.99 Å². The number of alkyl halides is 2. The molecule has 1 aliphatic carbocycles. The Morgan fingerprint density at radius 2 is 2.04 bits per heavy atom. The number of hydrogen-bond donors (Lipinski definition) is 2. The van der Waals surface area contributed by atoms with E-state index in [1.54, 1.807) is 13.1 Å². The highest BCUT2D eigenvalue weighted by molar-refractivity contribution is 14.0. The van der Waals surface area contributed by atoms with E-state index < -0.39 is 6.61 Å². The van der Waals surface area contributed by atoms with Crippen LogP contribution in [-0.2, 0) is 6.54 Å². The third-order valence-electron chi connectivity index (χ3n) is 4.32. The Labute approximate surface area is 174 Å². The van der Waals surface area contributed by atoms with Gasteiger partial charge < -0.3 is 24.8 Å². The number of fused-ring (bicyclic) bond motifs is 1. The highest BCUT2D eigenvalue weighted by Crippen LogP contribution is 2.38. The summed E-state index contributed by atoms with van der Waals surface area (Å²) in [5.41, 5.74) is 2.01. The summed E-state index contributed by atoms with van der Waals surface area (Å²) in [6.07, 6.45) is 6.83. The topological polar surface area (TPSA) is 64.1 Å². The third-order valence-corrected chi connectivity index (χ3v) is 4.32. The van der Waals surface area contributed by atoms with Crippen molar-refractivity contribution >= 4 is 29.9 Å². The van der Waals surface area contributed by atoms with Crippen molar-refractivity contribution < 1.29 is 23.0 Å². The molecule has 0 spiro atoms. The molecule has 2 N–H and O–H groups in total. The minimum Gasteiger partial charge on any atom is -0.454 e. The number of allylic oxidation sites excluding steroid dienone is 1. The Balaban J connectivity index is 0.00000261. The predicted molar refractivity (Wildman–Crippen MR) is 109 cm³/mol. The lowest BCUT2D eigenvalue weighted by Crippen LogP contribution is -2.37. The first-order chi connectivity index (χ1) is 12.7. The van der Waals surface area contributed by atoms with Crippen LogP contribution >= 0.6 is 24.0 Å². The van der Waals surface area contributed by atoms with Crippen molar-refractivity contribution in [2.45, 2.75) is 38.8 Å². The monoisotopic (exact) mass is 495 g/mol. The number of rotatable bonds is 7. The minimum atomic E-state index is -2.91. The molecule has 3 rings (SSSR count). The van der Waals surface area contributed by atoms with Crippen LogP contribution in [0.4, 0.5) is 8.78 Å². The lowest BCUT2D eigenvalue weighted by Gasteiger charge is -2.15. The largest absolute Gasteiger partial charge is 0.454 e. The standard InChI is InChI=1S/C18H23F2N3O3.HI/c1-21-18(22-7-6-12-4-2-3-5-12)23-10-13-8-15-16(25-11-24-15)9-14(13)26-17(19)20;/h4,8-9,17H,2-3,5-7,10-11H2,1H3,(H2,21,22,23);1H. The number of nitrogens with one attached hydrogen (secondary N) is 2. The third kappa shape index (κ3) is 6.12. The van der Waals surface area contributed by atoms with Gasteiger partial charge in [-0.05, 0) is 31.7 Å². The molecule has 1 heterocycles. The maximum absolute atomic E-state index is 12.7. The Morgan fingerprint density at radius 3 is 2.70 bits per heavy atom. The average Bonchev–Trinajstić information content (AvgIpc) is 3.28. The van der Waals surface area contributed by atoms with Crippen molar-refractivity contribution in [1.29, 1.82) is 0 Å². The SMILES string of the molecule is CN=C(NCCC1=CCCC1)NCc1cc2c(cc1OC(F)F)OCO2.I. The first kappa shape index (κ1) is 21.5. The molecular weight excluding hydrogens is 471 g/mol. The second-order valence-electron chi connectivity index (χ2n) is 6.05. The van der Waals surface area contributed by atoms with E-state index >= 15 is 0 Å². The van der Waals surface area contributed by atoms with E-state index in [1.807, 2.05) is 0 Å². The summed E-state index contributed by atoms with van der Waals surface area (Å²) in [5, 5.41) is 6.35. The van der Waals surface area contributed by atoms with E-state index in [0.29, 0.717) is 23.0 Å². The summed E-state index contributed by atoms with van der Waals surface area (Å²) in [4.78, 5) is 4.16. The smallest absolute Gasteiger partial charge is 0.387 e. The van der Waals surface area contributed by atoms with Gasteiger partial charge in [0, 0.05) is 31.8 Å². The van der Waals surface area contributed by atoms with Gasteiger partial charge in [0.25, 0.3) is 0 Å². The van der Waals surface area contributed by atoms with Crippen molar-refractivity contribution in [1.82, 2.24) is 10.6 Å².